The average Bonchev–Trinajstić information content (AvgIpc) is 2.90. The van der Waals surface area contributed by atoms with Crippen molar-refractivity contribution >= 4 is 21.9 Å². The lowest BCUT2D eigenvalue weighted by Gasteiger charge is -2.24. The van der Waals surface area contributed by atoms with E-state index >= 15 is 0 Å². The van der Waals surface area contributed by atoms with Gasteiger partial charge in [0, 0.05) is 17.2 Å². The Bertz CT molecular complexity index is 1690. The number of hydrogen-bond donors (Lipinski definition) is 2. The van der Waals surface area contributed by atoms with Gasteiger partial charge in [0.1, 0.15) is 6.10 Å². The van der Waals surface area contributed by atoms with E-state index < -0.39 is 22.0 Å². The molecule has 0 spiro atoms. The molecule has 1 aromatic heterocycles. The van der Waals surface area contributed by atoms with Crippen LogP contribution < -0.4 is 14.8 Å². The minimum absolute atomic E-state index is 0.0719. The van der Waals surface area contributed by atoms with Crippen molar-refractivity contribution in [2.24, 2.45) is 0 Å². The average molecular weight is 557 g/mol. The summed E-state index contributed by atoms with van der Waals surface area (Å²) in [5.41, 5.74) is 5.42. The van der Waals surface area contributed by atoms with Gasteiger partial charge in [0.05, 0.1) is 17.1 Å². The van der Waals surface area contributed by atoms with Crippen molar-refractivity contribution in [1.29, 1.82) is 0 Å². The highest BCUT2D eigenvalue weighted by atomic mass is 32.2. The zero-order valence-corrected chi connectivity index (χ0v) is 24.0. The molecule has 0 aliphatic carbocycles. The van der Waals surface area contributed by atoms with Crippen LogP contribution in [0.15, 0.2) is 77.7 Å². The molecule has 206 valence electrons. The van der Waals surface area contributed by atoms with Gasteiger partial charge in [-0.1, -0.05) is 69.3 Å². The molecule has 1 atom stereocenters. The van der Waals surface area contributed by atoms with Gasteiger partial charge in [-0.15, -0.1) is 0 Å². The molecule has 1 amide bonds. The number of fused-ring (bicyclic) bond motifs is 4. The van der Waals surface area contributed by atoms with E-state index in [-0.39, 0.29) is 34.2 Å². The summed E-state index contributed by atoms with van der Waals surface area (Å²) in [4.78, 5) is 22.0. The second kappa shape index (κ2) is 10.4. The van der Waals surface area contributed by atoms with E-state index in [1.165, 1.54) is 18.2 Å². The van der Waals surface area contributed by atoms with Crippen molar-refractivity contribution in [2.75, 3.05) is 11.3 Å². The largest absolute Gasteiger partial charge is 0.467 e. The summed E-state index contributed by atoms with van der Waals surface area (Å²) in [7, 11) is -4.10. The second-order valence-corrected chi connectivity index (χ2v) is 12.7. The third-order valence-electron chi connectivity index (χ3n) is 6.91. The summed E-state index contributed by atoms with van der Waals surface area (Å²) < 4.78 is 35.6. The first-order valence-electron chi connectivity index (χ1n) is 13.0. The number of rotatable bonds is 2. The normalized spacial score (nSPS) is 16.8. The molecule has 8 nitrogen and oxygen atoms in total. The van der Waals surface area contributed by atoms with Gasteiger partial charge < -0.3 is 10.1 Å². The van der Waals surface area contributed by atoms with Gasteiger partial charge in [-0.2, -0.15) is 4.98 Å². The van der Waals surface area contributed by atoms with Crippen LogP contribution in [0.2, 0.25) is 0 Å². The highest BCUT2D eigenvalue weighted by Gasteiger charge is 2.24. The third kappa shape index (κ3) is 5.70. The monoisotopic (exact) mass is 556 g/mol. The van der Waals surface area contributed by atoms with E-state index in [0.717, 1.165) is 27.8 Å². The zero-order valence-electron chi connectivity index (χ0n) is 23.1. The molecule has 0 unspecified atom stereocenters. The maximum atomic E-state index is 13.3. The number of amides is 1. The highest BCUT2D eigenvalue weighted by molar-refractivity contribution is 7.92. The molecule has 3 aromatic carbocycles. The maximum absolute atomic E-state index is 13.3. The minimum Gasteiger partial charge on any atom is -0.467 e. The molecule has 0 saturated carbocycles. The summed E-state index contributed by atoms with van der Waals surface area (Å²) >= 11 is 0. The smallest absolute Gasteiger partial charge is 0.264 e. The zero-order chi connectivity index (χ0) is 28.7. The van der Waals surface area contributed by atoms with Crippen LogP contribution in [0.25, 0.3) is 11.3 Å². The summed E-state index contributed by atoms with van der Waals surface area (Å²) in [5, 5.41) is 2.91. The van der Waals surface area contributed by atoms with Gasteiger partial charge >= 0.3 is 0 Å². The van der Waals surface area contributed by atoms with E-state index in [2.05, 4.69) is 52.9 Å². The standard InChI is InChI=1S/C31H32N4O4S/c1-19-9-6-10-20(2)28(19)25-17-27-34-30(33-25)35-40(37,38)24-14-8-12-22(16-24)29(36)32-18-26(39-27)21-11-7-13-23(15-21)31(3,4)5/h6-17,26H,18H2,1-5H3,(H,32,36)(H,33,34,35)/t26-/m0/s1. The van der Waals surface area contributed by atoms with Gasteiger partial charge in [0.25, 0.3) is 15.9 Å². The van der Waals surface area contributed by atoms with Crippen molar-refractivity contribution in [1.82, 2.24) is 15.3 Å². The van der Waals surface area contributed by atoms with Crippen LogP contribution in [-0.2, 0) is 15.4 Å². The number of sulfonamides is 1. The van der Waals surface area contributed by atoms with Crippen LogP contribution in [0.5, 0.6) is 5.88 Å². The Morgan fingerprint density at radius 3 is 2.33 bits per heavy atom. The van der Waals surface area contributed by atoms with Crippen LogP contribution in [0.4, 0.5) is 5.95 Å². The number of carbonyl (C=O) groups excluding carboxylic acids is 1. The van der Waals surface area contributed by atoms with Gasteiger partial charge in [0.2, 0.25) is 11.8 Å². The molecule has 0 saturated heterocycles. The van der Waals surface area contributed by atoms with Crippen LogP contribution in [0, 0.1) is 13.8 Å². The van der Waals surface area contributed by atoms with Gasteiger partial charge in [-0.25, -0.2) is 18.1 Å². The molecule has 2 heterocycles. The van der Waals surface area contributed by atoms with E-state index in [1.54, 1.807) is 12.1 Å². The lowest BCUT2D eigenvalue weighted by atomic mass is 9.85. The molecule has 4 aromatic rings. The number of ether oxygens (including phenoxy) is 1. The summed E-state index contributed by atoms with van der Waals surface area (Å²) in [6.45, 7) is 10.5. The number of carbonyl (C=O) groups is 1. The molecule has 0 fully saturated rings. The predicted molar refractivity (Wildman–Crippen MR) is 155 cm³/mol. The van der Waals surface area contributed by atoms with Crippen molar-refractivity contribution in [3.8, 4) is 17.1 Å². The lowest BCUT2D eigenvalue weighted by molar-refractivity contribution is 0.0925. The van der Waals surface area contributed by atoms with Crippen LogP contribution in [0.3, 0.4) is 0 Å². The minimum atomic E-state index is -4.10. The fraction of sp³-hybridized carbons (Fsp3) is 0.258. The number of anilines is 1. The molecular weight excluding hydrogens is 524 g/mol. The van der Waals surface area contributed by atoms with Crippen molar-refractivity contribution in [3.05, 3.63) is 101 Å². The van der Waals surface area contributed by atoms with Crippen LogP contribution >= 0.6 is 0 Å². The summed E-state index contributed by atoms with van der Waals surface area (Å²) in [5.74, 6) is -0.358. The first-order valence-corrected chi connectivity index (χ1v) is 14.5. The van der Waals surface area contributed by atoms with Crippen molar-refractivity contribution in [3.63, 3.8) is 0 Å². The van der Waals surface area contributed by atoms with Crippen molar-refractivity contribution < 1.29 is 17.9 Å². The Hall–Kier alpha value is -4.24. The molecule has 5 rings (SSSR count). The molecule has 0 radical (unpaired) electrons. The molecule has 1 aliphatic rings. The van der Waals surface area contributed by atoms with E-state index in [1.807, 2.05) is 44.2 Å². The SMILES string of the molecule is Cc1cccc(C)c1-c1cc2nc(n1)NS(=O)(=O)c1cccc(c1)C(=O)NC[C@@H](c1cccc(C(C)(C)C)c1)O2. The molecule has 4 bridgehead atoms. The molecule has 9 heteroatoms. The first kappa shape index (κ1) is 27.3. The fourth-order valence-electron chi connectivity index (χ4n) is 4.73. The second-order valence-electron chi connectivity index (χ2n) is 11.0. The van der Waals surface area contributed by atoms with E-state index in [0.29, 0.717) is 5.69 Å². The Kier molecular flexibility index (Phi) is 7.10. The highest BCUT2D eigenvalue weighted by Crippen LogP contribution is 2.32. The lowest BCUT2D eigenvalue weighted by Crippen LogP contribution is -2.31. The Balaban J connectivity index is 1.69. The quantitative estimate of drug-likeness (QED) is 0.327. The number of hydrogen-bond acceptors (Lipinski definition) is 6. The Morgan fingerprint density at radius 2 is 1.60 bits per heavy atom. The molecule has 2 N–H and O–H groups in total. The third-order valence-corrected chi connectivity index (χ3v) is 8.23. The van der Waals surface area contributed by atoms with Crippen LogP contribution in [0.1, 0.15) is 59.5 Å². The topological polar surface area (TPSA) is 110 Å². The fourth-order valence-corrected chi connectivity index (χ4v) is 5.72. The van der Waals surface area contributed by atoms with Crippen LogP contribution in [-0.4, -0.2) is 30.8 Å². The number of aryl methyl sites for hydroxylation is 2. The Labute approximate surface area is 234 Å². The maximum Gasteiger partial charge on any atom is 0.264 e. The van der Waals surface area contributed by atoms with Crippen molar-refractivity contribution in [2.45, 2.75) is 51.0 Å². The summed E-state index contributed by atoms with van der Waals surface area (Å²) in [6.07, 6.45) is -0.611. The molecular formula is C31H32N4O4S. The van der Waals surface area contributed by atoms with Gasteiger partial charge in [-0.05, 0) is 59.7 Å². The predicted octanol–water partition coefficient (Wildman–Crippen LogP) is 5.72. The van der Waals surface area contributed by atoms with E-state index in [9.17, 15) is 13.2 Å². The number of benzene rings is 3. The van der Waals surface area contributed by atoms with Gasteiger partial charge in [-0.3, -0.25) is 4.79 Å². The molecule has 40 heavy (non-hydrogen) atoms. The summed E-state index contributed by atoms with van der Waals surface area (Å²) in [6, 6.07) is 21.5. The number of nitrogens with zero attached hydrogens (tertiary/aromatic N) is 2. The van der Waals surface area contributed by atoms with Gasteiger partial charge in [0.15, 0.2) is 0 Å². The number of aromatic nitrogens is 2. The molecule has 1 aliphatic heterocycles. The Morgan fingerprint density at radius 1 is 0.900 bits per heavy atom. The van der Waals surface area contributed by atoms with E-state index in [4.69, 9.17) is 4.74 Å². The number of nitrogens with one attached hydrogen (secondary N) is 2. The first-order chi connectivity index (χ1) is 18.9.